The highest BCUT2D eigenvalue weighted by molar-refractivity contribution is 7.91. The summed E-state index contributed by atoms with van der Waals surface area (Å²) in [6.07, 6.45) is 2.45. The Morgan fingerprint density at radius 2 is 1.74 bits per heavy atom. The minimum atomic E-state index is -2.90. The van der Waals surface area contributed by atoms with Crippen LogP contribution in [0.2, 0.25) is 0 Å². The second-order valence-electron chi connectivity index (χ2n) is 12.0. The third kappa shape index (κ3) is 6.09. The maximum Gasteiger partial charge on any atom is 0.306 e. The Hall–Kier alpha value is -3.59. The van der Waals surface area contributed by atoms with Crippen molar-refractivity contribution < 1.29 is 36.6 Å². The quantitative estimate of drug-likeness (QED) is 0.273. The summed E-state index contributed by atoms with van der Waals surface area (Å²) in [5.41, 5.74) is 6.65. The van der Waals surface area contributed by atoms with Crippen LogP contribution < -0.4 is 14.2 Å². The van der Waals surface area contributed by atoms with Crippen molar-refractivity contribution in [2.45, 2.75) is 58.0 Å². The predicted octanol–water partition coefficient (Wildman–Crippen LogP) is 6.42. The average Bonchev–Trinajstić information content (AvgIpc) is 3.58. The molecule has 2 atom stereocenters. The number of sulfone groups is 1. The number of halogens is 1. The van der Waals surface area contributed by atoms with E-state index in [0.717, 1.165) is 39.1 Å². The lowest BCUT2D eigenvalue weighted by atomic mass is 9.90. The van der Waals surface area contributed by atoms with Crippen LogP contribution in [0.5, 0.6) is 17.2 Å². The van der Waals surface area contributed by atoms with Gasteiger partial charge in [0.1, 0.15) is 39.0 Å². The van der Waals surface area contributed by atoms with Gasteiger partial charge in [-0.15, -0.1) is 0 Å². The maximum atomic E-state index is 15.3. The normalized spacial score (nSPS) is 20.7. The van der Waals surface area contributed by atoms with E-state index in [0.29, 0.717) is 56.0 Å². The molecule has 43 heavy (non-hydrogen) atoms. The Bertz CT molecular complexity index is 1630. The highest BCUT2D eigenvalue weighted by Gasteiger charge is 2.32. The van der Waals surface area contributed by atoms with Crippen molar-refractivity contribution in [1.82, 2.24) is 0 Å². The minimum absolute atomic E-state index is 0.0574. The molecule has 7 nitrogen and oxygen atoms in total. The minimum Gasteiger partial charge on any atom is -0.493 e. The van der Waals surface area contributed by atoms with Crippen LogP contribution in [-0.2, 0) is 25.8 Å². The third-order valence-electron chi connectivity index (χ3n) is 9.00. The van der Waals surface area contributed by atoms with Gasteiger partial charge in [0.05, 0.1) is 38.3 Å². The van der Waals surface area contributed by atoms with E-state index in [4.69, 9.17) is 18.9 Å². The molecule has 0 aromatic heterocycles. The summed E-state index contributed by atoms with van der Waals surface area (Å²) in [6, 6.07) is 13.0. The van der Waals surface area contributed by atoms with Crippen LogP contribution in [-0.4, -0.2) is 46.2 Å². The van der Waals surface area contributed by atoms with Crippen LogP contribution in [0.3, 0.4) is 0 Å². The van der Waals surface area contributed by atoms with Crippen molar-refractivity contribution in [2.75, 3.05) is 31.8 Å². The molecule has 3 aliphatic rings. The van der Waals surface area contributed by atoms with Crippen LogP contribution in [0, 0.1) is 25.6 Å². The van der Waals surface area contributed by atoms with Gasteiger partial charge < -0.3 is 18.9 Å². The van der Waals surface area contributed by atoms with Gasteiger partial charge in [-0.2, -0.15) is 0 Å². The van der Waals surface area contributed by atoms with Gasteiger partial charge in [0.15, 0.2) is 0 Å². The molecular formula is C34H37FO7S. The number of carbonyl (C=O) groups excluding carboxylic acids is 1. The number of hydrogen-bond donors (Lipinski definition) is 0. The van der Waals surface area contributed by atoms with Crippen LogP contribution in [0.4, 0.5) is 4.39 Å². The van der Waals surface area contributed by atoms with E-state index < -0.39 is 15.9 Å². The molecule has 0 spiro atoms. The van der Waals surface area contributed by atoms with E-state index in [1.807, 2.05) is 50.2 Å². The lowest BCUT2D eigenvalue weighted by Gasteiger charge is -2.23. The van der Waals surface area contributed by atoms with Gasteiger partial charge in [-0.1, -0.05) is 12.1 Å². The summed E-state index contributed by atoms with van der Waals surface area (Å²) in [4.78, 5) is 11.8. The Balaban J connectivity index is 1.19. The van der Waals surface area contributed by atoms with Crippen molar-refractivity contribution in [3.63, 3.8) is 0 Å². The summed E-state index contributed by atoms with van der Waals surface area (Å²) >= 11 is 0. The molecule has 9 heteroatoms. The van der Waals surface area contributed by atoms with Gasteiger partial charge in [0.25, 0.3) is 0 Å². The van der Waals surface area contributed by atoms with Crippen molar-refractivity contribution >= 4 is 15.8 Å². The number of carbonyl (C=O) groups is 1. The van der Waals surface area contributed by atoms with Gasteiger partial charge in [0, 0.05) is 23.1 Å². The standard InChI is InChI=1S/C34H37FO7S/c1-20-14-25(40-18-22-10-12-43(37,38)13-11-22)15-21(2)33(20)27-6-8-29(35)34-28(27)7-9-30(34)42-24-4-5-26-23(16-32(36)39-3)19-41-31(26)17-24/h4-6,8,14-15,17,22-23,30H,7,9-13,16,18-19H2,1-3H3. The number of fused-ring (bicyclic) bond motifs is 2. The van der Waals surface area contributed by atoms with E-state index in [2.05, 4.69) is 0 Å². The van der Waals surface area contributed by atoms with E-state index in [1.54, 1.807) is 0 Å². The number of benzene rings is 3. The first-order valence-electron chi connectivity index (χ1n) is 14.9. The molecule has 0 N–H and O–H groups in total. The molecule has 2 unspecified atom stereocenters. The van der Waals surface area contributed by atoms with Gasteiger partial charge >= 0.3 is 5.97 Å². The molecule has 0 bridgehead atoms. The van der Waals surface area contributed by atoms with Crippen molar-refractivity contribution in [3.8, 4) is 28.4 Å². The summed E-state index contributed by atoms with van der Waals surface area (Å²) in [7, 11) is -1.52. The highest BCUT2D eigenvalue weighted by atomic mass is 32.2. The number of rotatable bonds is 8. The van der Waals surface area contributed by atoms with E-state index in [9.17, 15) is 13.2 Å². The molecule has 0 amide bonds. The van der Waals surface area contributed by atoms with Crippen molar-refractivity contribution in [3.05, 3.63) is 76.1 Å². The fourth-order valence-electron chi connectivity index (χ4n) is 6.73. The second kappa shape index (κ2) is 11.8. The maximum absolute atomic E-state index is 15.3. The zero-order valence-electron chi connectivity index (χ0n) is 24.8. The Morgan fingerprint density at radius 1 is 1.00 bits per heavy atom. The van der Waals surface area contributed by atoms with E-state index >= 15 is 4.39 Å². The average molecular weight is 609 g/mol. The fourth-order valence-corrected chi connectivity index (χ4v) is 8.31. The van der Waals surface area contributed by atoms with E-state index in [1.165, 1.54) is 13.2 Å². The zero-order chi connectivity index (χ0) is 30.3. The van der Waals surface area contributed by atoms with Crippen LogP contribution in [0.25, 0.3) is 11.1 Å². The van der Waals surface area contributed by atoms with Gasteiger partial charge in [0.2, 0.25) is 0 Å². The Kier molecular flexibility index (Phi) is 8.11. The molecule has 1 saturated heterocycles. The largest absolute Gasteiger partial charge is 0.493 e. The third-order valence-corrected chi connectivity index (χ3v) is 10.7. The summed E-state index contributed by atoms with van der Waals surface area (Å²) in [5, 5.41) is 0. The molecule has 228 valence electrons. The van der Waals surface area contributed by atoms with Crippen molar-refractivity contribution in [2.24, 2.45) is 5.92 Å². The predicted molar refractivity (Wildman–Crippen MR) is 161 cm³/mol. The smallest absolute Gasteiger partial charge is 0.306 e. The zero-order valence-corrected chi connectivity index (χ0v) is 25.6. The molecule has 3 aromatic rings. The van der Waals surface area contributed by atoms with Crippen LogP contribution in [0.15, 0.2) is 42.5 Å². The second-order valence-corrected chi connectivity index (χ2v) is 14.3. The first-order valence-corrected chi connectivity index (χ1v) is 16.7. The molecule has 3 aromatic carbocycles. The van der Waals surface area contributed by atoms with Crippen LogP contribution in [0.1, 0.15) is 65.5 Å². The lowest BCUT2D eigenvalue weighted by molar-refractivity contribution is -0.141. The first kappa shape index (κ1) is 29.5. The molecular weight excluding hydrogens is 571 g/mol. The number of esters is 1. The summed E-state index contributed by atoms with van der Waals surface area (Å²) in [6.45, 7) is 4.99. The summed E-state index contributed by atoms with van der Waals surface area (Å²) < 4.78 is 61.9. The SMILES string of the molecule is COC(=O)CC1COc2cc(OC3CCc4c(-c5c(C)cc(OCC6CCS(=O)(=O)CC6)cc5C)ccc(F)c43)ccc21. The number of ether oxygens (including phenoxy) is 4. The number of methoxy groups -OCH3 is 1. The molecule has 2 aliphatic heterocycles. The number of hydrogen-bond acceptors (Lipinski definition) is 7. The van der Waals surface area contributed by atoms with Gasteiger partial charge in [-0.25, -0.2) is 12.8 Å². The molecule has 1 aliphatic carbocycles. The van der Waals surface area contributed by atoms with Gasteiger partial charge in [-0.05, 0) is 97.5 Å². The first-order chi connectivity index (χ1) is 20.6. The Morgan fingerprint density at radius 3 is 2.47 bits per heavy atom. The molecule has 6 rings (SSSR count). The molecule has 1 fully saturated rings. The monoisotopic (exact) mass is 608 g/mol. The van der Waals surface area contributed by atoms with Crippen LogP contribution >= 0.6 is 0 Å². The topological polar surface area (TPSA) is 88.1 Å². The van der Waals surface area contributed by atoms with E-state index in [-0.39, 0.29) is 41.5 Å². The fraction of sp³-hybridized carbons (Fsp3) is 0.441. The van der Waals surface area contributed by atoms with Gasteiger partial charge in [-0.3, -0.25) is 4.79 Å². The molecule has 0 saturated carbocycles. The molecule has 2 heterocycles. The lowest BCUT2D eigenvalue weighted by Crippen LogP contribution is -2.26. The Labute approximate surface area is 252 Å². The highest BCUT2D eigenvalue weighted by Crippen LogP contribution is 2.45. The van der Waals surface area contributed by atoms with Crippen molar-refractivity contribution in [1.29, 1.82) is 0 Å². The summed E-state index contributed by atoms with van der Waals surface area (Å²) in [5.74, 6) is 2.14. The molecule has 0 radical (unpaired) electrons. The number of aryl methyl sites for hydroxylation is 2.